The summed E-state index contributed by atoms with van der Waals surface area (Å²) in [5.41, 5.74) is 0.185. The number of carbonyl (C=O) groups excluding carboxylic acids is 1. The van der Waals surface area contributed by atoms with Crippen LogP contribution in [0, 0.1) is 0 Å². The molecule has 0 aliphatic carbocycles. The summed E-state index contributed by atoms with van der Waals surface area (Å²) in [5, 5.41) is 0. The Hall–Kier alpha value is -0.960. The molecule has 8 heteroatoms. The van der Waals surface area contributed by atoms with Crippen molar-refractivity contribution in [3.05, 3.63) is 12.2 Å². The molecule has 0 amide bonds. The lowest BCUT2D eigenvalue weighted by Gasteiger charge is -2.39. The molecule has 0 radical (unpaired) electrons. The van der Waals surface area contributed by atoms with E-state index in [2.05, 4.69) is 43.2 Å². The molecule has 30 heavy (non-hydrogen) atoms. The maximum atomic E-state index is 10.7. The molecule has 0 atom stereocenters. The first-order valence-electron chi connectivity index (χ1n) is 11.3. The van der Waals surface area contributed by atoms with Crippen molar-refractivity contribution in [2.75, 3.05) is 39.4 Å². The molecule has 0 heterocycles. The van der Waals surface area contributed by atoms with Crippen LogP contribution in [0.1, 0.15) is 86.0 Å². The lowest BCUT2D eigenvalue weighted by Crippen LogP contribution is -2.50. The summed E-state index contributed by atoms with van der Waals surface area (Å²) in [6, 6.07) is 0. The van der Waals surface area contributed by atoms with Crippen LogP contribution in [0.4, 0.5) is 0 Å². The minimum atomic E-state index is -4.71. The number of quaternary nitrogens is 1. The Labute approximate surface area is 185 Å². The highest BCUT2D eigenvalue weighted by Crippen LogP contribution is 2.16. The minimum absolute atomic E-state index is 0.185. The van der Waals surface area contributed by atoms with E-state index in [4.69, 9.17) is 0 Å². The summed E-state index contributed by atoms with van der Waals surface area (Å²) in [4.78, 5) is 10.7. The number of hydrogen-bond donors (Lipinski definition) is 0. The van der Waals surface area contributed by atoms with Crippen LogP contribution < -0.4 is 0 Å². The Kier molecular flexibility index (Phi) is 19.5. The average molecular weight is 452 g/mol. The summed E-state index contributed by atoms with van der Waals surface area (Å²) >= 11 is 0. The second-order valence-corrected chi connectivity index (χ2v) is 8.85. The second-order valence-electron chi connectivity index (χ2n) is 7.80. The van der Waals surface area contributed by atoms with Crippen LogP contribution in [0.5, 0.6) is 0 Å². The number of esters is 1. The van der Waals surface area contributed by atoms with E-state index in [0.717, 1.165) is 0 Å². The van der Waals surface area contributed by atoms with E-state index in [1.54, 1.807) is 0 Å². The van der Waals surface area contributed by atoms with Gasteiger partial charge in [-0.1, -0.05) is 60.0 Å². The van der Waals surface area contributed by atoms with Crippen LogP contribution in [-0.4, -0.2) is 62.8 Å². The molecular weight excluding hydrogens is 406 g/mol. The molecule has 0 bridgehead atoms. The molecule has 7 nitrogen and oxygen atoms in total. The quantitative estimate of drug-likeness (QED) is 0.0802. The fraction of sp³-hybridized carbons (Fsp3) is 0.864. The summed E-state index contributed by atoms with van der Waals surface area (Å²) in [5.74, 6) is -0.660. The molecule has 0 spiro atoms. The van der Waals surface area contributed by atoms with Crippen molar-refractivity contribution < 1.29 is 31.2 Å². The Morgan fingerprint density at radius 3 is 1.47 bits per heavy atom. The van der Waals surface area contributed by atoms with Gasteiger partial charge in [0, 0.05) is 5.57 Å². The van der Waals surface area contributed by atoms with Crippen LogP contribution in [-0.2, 0) is 24.1 Å². The highest BCUT2D eigenvalue weighted by molar-refractivity contribution is 7.80. The standard InChI is InChI=1S/C16H36N.C6H10O6S/c1-5-9-13-17(14-10-6-2,15-11-7-3)16-12-8-4;1-5(2)6(7)11-3-4-12-13(8,9)10/h5-16H2,1-4H3;1,3-4H2,2H3,(H,8,9,10)/q+1;/p-1. The lowest BCUT2D eigenvalue weighted by atomic mass is 10.1. The molecule has 0 aliphatic rings. The highest BCUT2D eigenvalue weighted by Gasteiger charge is 2.24. The molecule has 180 valence electrons. The molecule has 0 N–H and O–H groups in total. The van der Waals surface area contributed by atoms with E-state index < -0.39 is 23.0 Å². The zero-order chi connectivity index (χ0) is 23.5. The van der Waals surface area contributed by atoms with Crippen molar-refractivity contribution in [1.29, 1.82) is 0 Å². The zero-order valence-corrected chi connectivity index (χ0v) is 20.7. The van der Waals surface area contributed by atoms with Crippen LogP contribution >= 0.6 is 0 Å². The number of ether oxygens (including phenoxy) is 1. The van der Waals surface area contributed by atoms with E-state index in [1.807, 2.05) is 0 Å². The van der Waals surface area contributed by atoms with E-state index in [1.165, 1.54) is 89.0 Å². The van der Waals surface area contributed by atoms with Gasteiger partial charge in [-0.3, -0.25) is 4.18 Å². The summed E-state index contributed by atoms with van der Waals surface area (Å²) in [6.45, 7) is 19.0. The van der Waals surface area contributed by atoms with Gasteiger partial charge in [0.2, 0.25) is 10.4 Å². The number of carbonyl (C=O) groups is 1. The summed E-state index contributed by atoms with van der Waals surface area (Å²) in [7, 11) is -4.71. The van der Waals surface area contributed by atoms with Crippen molar-refractivity contribution in [3.8, 4) is 0 Å². The van der Waals surface area contributed by atoms with E-state index in [0.29, 0.717) is 0 Å². The fourth-order valence-electron chi connectivity index (χ4n) is 3.04. The second kappa shape index (κ2) is 18.8. The van der Waals surface area contributed by atoms with Crippen molar-refractivity contribution >= 4 is 16.4 Å². The van der Waals surface area contributed by atoms with Crippen LogP contribution in [0.25, 0.3) is 0 Å². The van der Waals surface area contributed by atoms with Crippen molar-refractivity contribution in [3.63, 3.8) is 0 Å². The first kappa shape index (κ1) is 31.2. The molecule has 0 saturated carbocycles. The first-order valence-corrected chi connectivity index (χ1v) is 12.7. The van der Waals surface area contributed by atoms with Gasteiger partial charge >= 0.3 is 5.97 Å². The van der Waals surface area contributed by atoms with Gasteiger partial charge < -0.3 is 13.8 Å². The maximum Gasteiger partial charge on any atom is 0.333 e. The number of nitrogens with zero attached hydrogens (tertiary/aromatic N) is 1. The monoisotopic (exact) mass is 451 g/mol. The highest BCUT2D eigenvalue weighted by atomic mass is 32.3. The van der Waals surface area contributed by atoms with Crippen molar-refractivity contribution in [2.45, 2.75) is 86.0 Å². The largest absolute Gasteiger partial charge is 0.726 e. The third kappa shape index (κ3) is 19.0. The molecule has 0 aromatic rings. The maximum absolute atomic E-state index is 10.7. The zero-order valence-electron chi connectivity index (χ0n) is 19.9. The smallest absolute Gasteiger partial charge is 0.333 e. The van der Waals surface area contributed by atoms with Gasteiger partial charge in [-0.2, -0.15) is 0 Å². The molecule has 0 aromatic carbocycles. The van der Waals surface area contributed by atoms with Crippen LogP contribution in [0.15, 0.2) is 12.2 Å². The van der Waals surface area contributed by atoms with Gasteiger partial charge in [0.25, 0.3) is 0 Å². The first-order chi connectivity index (χ1) is 14.1. The molecule has 0 fully saturated rings. The normalized spacial score (nSPS) is 11.5. The Morgan fingerprint density at radius 1 is 0.833 bits per heavy atom. The van der Waals surface area contributed by atoms with Crippen LogP contribution in [0.3, 0.4) is 0 Å². The molecule has 0 aliphatic heterocycles. The number of hydrogen-bond acceptors (Lipinski definition) is 6. The number of rotatable bonds is 17. The molecular formula is C22H45NO6S. The summed E-state index contributed by atoms with van der Waals surface area (Å²) in [6.07, 6.45) is 11.1. The minimum Gasteiger partial charge on any atom is -0.726 e. The van der Waals surface area contributed by atoms with E-state index in [9.17, 15) is 17.8 Å². The molecule has 0 rings (SSSR count). The van der Waals surface area contributed by atoms with E-state index >= 15 is 0 Å². The topological polar surface area (TPSA) is 92.7 Å². The van der Waals surface area contributed by atoms with Gasteiger partial charge in [0.15, 0.2) is 0 Å². The summed E-state index contributed by atoms with van der Waals surface area (Å²) < 4.78 is 39.2. The van der Waals surface area contributed by atoms with Gasteiger partial charge in [-0.25, -0.2) is 13.2 Å². The molecule has 0 unspecified atom stereocenters. The SMILES string of the molecule is C=C(C)C(=O)OCCOS(=O)(=O)[O-].CCCC[N+](CCCC)(CCCC)CCCC. The van der Waals surface area contributed by atoms with Gasteiger partial charge in [-0.15, -0.1) is 0 Å². The Balaban J connectivity index is 0. The lowest BCUT2D eigenvalue weighted by molar-refractivity contribution is -0.929. The Bertz CT molecular complexity index is 510. The van der Waals surface area contributed by atoms with Gasteiger partial charge in [0.1, 0.15) is 6.61 Å². The number of unbranched alkanes of at least 4 members (excludes halogenated alkanes) is 4. The molecule has 0 aromatic heterocycles. The van der Waals surface area contributed by atoms with Gasteiger partial charge in [-0.05, 0) is 32.6 Å². The third-order valence-electron chi connectivity index (χ3n) is 4.84. The van der Waals surface area contributed by atoms with Crippen LogP contribution in [0.2, 0.25) is 0 Å². The van der Waals surface area contributed by atoms with Crippen molar-refractivity contribution in [2.24, 2.45) is 0 Å². The third-order valence-corrected chi connectivity index (χ3v) is 5.29. The predicted molar refractivity (Wildman–Crippen MR) is 121 cm³/mol. The predicted octanol–water partition coefficient (Wildman–Crippen LogP) is 4.59. The average Bonchev–Trinajstić information content (AvgIpc) is 2.69. The Morgan fingerprint density at radius 2 is 1.20 bits per heavy atom. The van der Waals surface area contributed by atoms with Gasteiger partial charge in [0.05, 0.1) is 32.8 Å². The van der Waals surface area contributed by atoms with Crippen molar-refractivity contribution in [1.82, 2.24) is 0 Å². The molecule has 0 saturated heterocycles. The fourth-order valence-corrected chi connectivity index (χ4v) is 3.31. The van der Waals surface area contributed by atoms with E-state index in [-0.39, 0.29) is 12.2 Å².